The number of sulfonamides is 1. The molecule has 6 nitrogen and oxygen atoms in total. The van der Waals surface area contributed by atoms with Crippen LogP contribution in [0.5, 0.6) is 0 Å². The summed E-state index contributed by atoms with van der Waals surface area (Å²) in [6.45, 7) is 3.03. The van der Waals surface area contributed by atoms with Crippen molar-refractivity contribution < 1.29 is 13.5 Å². The number of benzene rings is 1. The van der Waals surface area contributed by atoms with Crippen LogP contribution in [0, 0.1) is 0 Å². The number of nitrogens with zero attached hydrogens (tertiary/aromatic N) is 2. The Hall–Kier alpha value is -1.96. The highest BCUT2D eigenvalue weighted by molar-refractivity contribution is 7.89. The highest BCUT2D eigenvalue weighted by Gasteiger charge is 2.27. The maximum atomic E-state index is 12.5. The van der Waals surface area contributed by atoms with Crippen LogP contribution in [0.4, 0.5) is 5.82 Å². The number of hydrogen-bond donors (Lipinski definition) is 2. The van der Waals surface area contributed by atoms with Crippen molar-refractivity contribution >= 4 is 15.8 Å². The first-order valence-corrected chi connectivity index (χ1v) is 10.4. The van der Waals surface area contributed by atoms with Crippen molar-refractivity contribution in [3.8, 4) is 0 Å². The smallest absolute Gasteiger partial charge is 0.244 e. The fourth-order valence-corrected chi connectivity index (χ4v) is 4.52. The molecule has 7 heteroatoms. The number of anilines is 1. The molecule has 0 aliphatic carbocycles. The maximum absolute atomic E-state index is 12.5. The van der Waals surface area contributed by atoms with Crippen molar-refractivity contribution in [2.24, 2.45) is 0 Å². The first kappa shape index (κ1) is 18.8. The average molecular weight is 375 g/mol. The molecule has 1 aromatic carbocycles. The number of hydrogen-bond acceptors (Lipinski definition) is 5. The summed E-state index contributed by atoms with van der Waals surface area (Å²) in [6, 6.07) is 12.8. The van der Waals surface area contributed by atoms with Crippen LogP contribution in [0.2, 0.25) is 0 Å². The van der Waals surface area contributed by atoms with E-state index in [-0.39, 0.29) is 10.9 Å². The molecule has 1 saturated heterocycles. The summed E-state index contributed by atoms with van der Waals surface area (Å²) in [4.78, 5) is 4.43. The molecule has 140 valence electrons. The van der Waals surface area contributed by atoms with E-state index in [0.717, 1.165) is 18.4 Å². The maximum Gasteiger partial charge on any atom is 0.244 e. The zero-order valence-corrected chi connectivity index (χ0v) is 15.7. The van der Waals surface area contributed by atoms with E-state index in [4.69, 9.17) is 0 Å². The first-order chi connectivity index (χ1) is 12.5. The standard InChI is InChI=1S/C19H25N3O3S/c1-15(18(23)13-16-7-3-2-4-8-16)21-19-10-9-17(14-20-19)26(24,25)22-11-5-6-12-22/h2-4,7-10,14-15,18,23H,5-6,11-13H2,1H3,(H,20,21). The van der Waals surface area contributed by atoms with Gasteiger partial charge in [-0.1, -0.05) is 30.3 Å². The van der Waals surface area contributed by atoms with Gasteiger partial charge in [-0.15, -0.1) is 0 Å². The number of rotatable bonds is 7. The minimum atomic E-state index is -3.45. The van der Waals surface area contributed by atoms with Gasteiger partial charge in [0.25, 0.3) is 0 Å². The Morgan fingerprint density at radius 2 is 1.85 bits per heavy atom. The molecule has 1 aliphatic rings. The minimum Gasteiger partial charge on any atom is -0.391 e. The van der Waals surface area contributed by atoms with Crippen molar-refractivity contribution in [2.75, 3.05) is 18.4 Å². The molecule has 0 spiro atoms. The van der Waals surface area contributed by atoms with Gasteiger partial charge in [0.15, 0.2) is 0 Å². The summed E-state index contributed by atoms with van der Waals surface area (Å²) >= 11 is 0. The average Bonchev–Trinajstić information content (AvgIpc) is 3.18. The number of pyridine rings is 1. The Morgan fingerprint density at radius 1 is 1.15 bits per heavy atom. The Morgan fingerprint density at radius 3 is 2.46 bits per heavy atom. The molecule has 2 heterocycles. The topological polar surface area (TPSA) is 82.5 Å². The van der Waals surface area contributed by atoms with Gasteiger partial charge < -0.3 is 10.4 Å². The molecule has 1 aromatic heterocycles. The summed E-state index contributed by atoms with van der Waals surface area (Å²) in [7, 11) is -3.45. The predicted molar refractivity (Wildman–Crippen MR) is 101 cm³/mol. The molecule has 0 bridgehead atoms. The second kappa shape index (κ2) is 8.16. The summed E-state index contributed by atoms with van der Waals surface area (Å²) in [5, 5.41) is 13.5. The molecule has 2 unspecified atom stereocenters. The normalized spacial score (nSPS) is 17.8. The molecular weight excluding hydrogens is 350 g/mol. The Labute approximate surface area is 154 Å². The minimum absolute atomic E-state index is 0.211. The van der Waals surface area contributed by atoms with E-state index in [9.17, 15) is 13.5 Å². The summed E-state index contributed by atoms with van der Waals surface area (Å²) < 4.78 is 26.5. The van der Waals surface area contributed by atoms with Crippen LogP contribution in [0.15, 0.2) is 53.6 Å². The molecule has 0 radical (unpaired) electrons. The molecule has 3 rings (SSSR count). The second-order valence-corrected chi connectivity index (χ2v) is 8.62. The van der Waals surface area contributed by atoms with Crippen LogP contribution in [0.1, 0.15) is 25.3 Å². The van der Waals surface area contributed by atoms with Crippen LogP contribution >= 0.6 is 0 Å². The number of aliphatic hydroxyl groups is 1. The molecule has 2 atom stereocenters. The SMILES string of the molecule is CC(Nc1ccc(S(=O)(=O)N2CCCC2)cn1)C(O)Cc1ccccc1. The molecule has 0 saturated carbocycles. The van der Waals surface area contributed by atoms with E-state index in [2.05, 4.69) is 10.3 Å². The third-order valence-electron chi connectivity index (χ3n) is 4.68. The van der Waals surface area contributed by atoms with E-state index in [1.165, 1.54) is 10.5 Å². The number of nitrogens with one attached hydrogen (secondary N) is 1. The van der Waals surface area contributed by atoms with Gasteiger partial charge in [0.05, 0.1) is 12.1 Å². The van der Waals surface area contributed by atoms with Gasteiger partial charge in [0, 0.05) is 25.7 Å². The molecule has 2 aromatic rings. The second-order valence-electron chi connectivity index (χ2n) is 6.68. The summed E-state index contributed by atoms with van der Waals surface area (Å²) in [5.41, 5.74) is 1.06. The quantitative estimate of drug-likeness (QED) is 0.776. The highest BCUT2D eigenvalue weighted by atomic mass is 32.2. The molecule has 0 amide bonds. The van der Waals surface area contributed by atoms with Gasteiger partial charge in [-0.05, 0) is 37.5 Å². The number of aromatic nitrogens is 1. The molecular formula is C19H25N3O3S. The van der Waals surface area contributed by atoms with Crippen LogP contribution < -0.4 is 5.32 Å². The van der Waals surface area contributed by atoms with Crippen molar-refractivity contribution in [3.05, 3.63) is 54.2 Å². The van der Waals surface area contributed by atoms with Gasteiger partial charge >= 0.3 is 0 Å². The van der Waals surface area contributed by atoms with Crippen LogP contribution in [-0.4, -0.2) is 48.0 Å². The van der Waals surface area contributed by atoms with Gasteiger partial charge in [0.1, 0.15) is 10.7 Å². The fraction of sp³-hybridized carbons (Fsp3) is 0.421. The van der Waals surface area contributed by atoms with Gasteiger partial charge in [-0.2, -0.15) is 4.31 Å². The van der Waals surface area contributed by atoms with Crippen molar-refractivity contribution in [3.63, 3.8) is 0 Å². The van der Waals surface area contributed by atoms with Crippen LogP contribution in [0.3, 0.4) is 0 Å². The lowest BCUT2D eigenvalue weighted by Gasteiger charge is -2.21. The van der Waals surface area contributed by atoms with E-state index in [0.29, 0.717) is 25.3 Å². The molecule has 26 heavy (non-hydrogen) atoms. The Kier molecular flexibility index (Phi) is 5.90. The molecule has 1 aliphatic heterocycles. The highest BCUT2D eigenvalue weighted by Crippen LogP contribution is 2.21. The summed E-state index contributed by atoms with van der Waals surface area (Å²) in [6.07, 6.45) is 3.15. The zero-order chi connectivity index (χ0) is 18.6. The van der Waals surface area contributed by atoms with Crippen molar-refractivity contribution in [2.45, 2.75) is 43.2 Å². The lowest BCUT2D eigenvalue weighted by Crippen LogP contribution is -2.32. The van der Waals surface area contributed by atoms with Crippen LogP contribution in [-0.2, 0) is 16.4 Å². The Bertz CT molecular complexity index is 804. The van der Waals surface area contributed by atoms with Crippen molar-refractivity contribution in [1.29, 1.82) is 0 Å². The van der Waals surface area contributed by atoms with E-state index in [1.54, 1.807) is 12.1 Å². The van der Waals surface area contributed by atoms with Gasteiger partial charge in [-0.25, -0.2) is 13.4 Å². The zero-order valence-electron chi connectivity index (χ0n) is 14.9. The van der Waals surface area contributed by atoms with E-state index < -0.39 is 16.1 Å². The first-order valence-electron chi connectivity index (χ1n) is 8.91. The molecule has 2 N–H and O–H groups in total. The van der Waals surface area contributed by atoms with E-state index >= 15 is 0 Å². The van der Waals surface area contributed by atoms with Gasteiger partial charge in [0.2, 0.25) is 10.0 Å². The van der Waals surface area contributed by atoms with E-state index in [1.807, 2.05) is 37.3 Å². The third kappa shape index (κ3) is 4.41. The monoisotopic (exact) mass is 375 g/mol. The lowest BCUT2D eigenvalue weighted by molar-refractivity contribution is 0.158. The third-order valence-corrected chi connectivity index (χ3v) is 6.56. The van der Waals surface area contributed by atoms with Crippen molar-refractivity contribution in [1.82, 2.24) is 9.29 Å². The Balaban J connectivity index is 1.61. The largest absolute Gasteiger partial charge is 0.391 e. The van der Waals surface area contributed by atoms with Crippen LogP contribution in [0.25, 0.3) is 0 Å². The lowest BCUT2D eigenvalue weighted by atomic mass is 10.0. The number of aliphatic hydroxyl groups excluding tert-OH is 1. The fourth-order valence-electron chi connectivity index (χ4n) is 3.06. The van der Waals surface area contributed by atoms with Gasteiger partial charge in [-0.3, -0.25) is 0 Å². The molecule has 1 fully saturated rings. The summed E-state index contributed by atoms with van der Waals surface area (Å²) in [5.74, 6) is 0.546. The predicted octanol–water partition coefficient (Wildman–Crippen LogP) is 2.27.